The van der Waals surface area contributed by atoms with Crippen molar-refractivity contribution in [3.05, 3.63) is 54.2 Å². The van der Waals surface area contributed by atoms with E-state index in [2.05, 4.69) is 60.5 Å². The molecule has 0 unspecified atom stereocenters. The maximum atomic E-state index is 4.71. The number of nitrogens with zero attached hydrogens (tertiary/aromatic N) is 2. The number of aromatic nitrogens is 1. The highest BCUT2D eigenvalue weighted by Gasteiger charge is 2.07. The Bertz CT molecular complexity index is 556. The van der Waals surface area contributed by atoms with Crippen LogP contribution in [0.3, 0.4) is 0 Å². The summed E-state index contributed by atoms with van der Waals surface area (Å²) in [6.07, 6.45) is 9.57. The SMILES string of the molecule is CCCCCN(CCCCC)c1ccc(NCc2ccccc2)cn1. The summed E-state index contributed by atoms with van der Waals surface area (Å²) in [7, 11) is 0. The van der Waals surface area contributed by atoms with Gasteiger partial charge in [0.2, 0.25) is 0 Å². The number of pyridine rings is 1. The molecule has 0 saturated heterocycles. The molecular formula is C22H33N3. The van der Waals surface area contributed by atoms with Gasteiger partial charge >= 0.3 is 0 Å². The van der Waals surface area contributed by atoms with Gasteiger partial charge in [-0.2, -0.15) is 0 Å². The van der Waals surface area contributed by atoms with E-state index in [0.29, 0.717) is 0 Å². The predicted octanol–water partition coefficient (Wildman–Crippen LogP) is 5.88. The standard InChI is InChI=1S/C22H33N3/c1-3-5-10-16-25(17-11-6-4-2)22-15-14-21(19-24-22)23-18-20-12-8-7-9-13-20/h7-9,12-15,19,23H,3-6,10-11,16-18H2,1-2H3. The number of anilines is 2. The molecule has 2 aromatic rings. The molecule has 0 saturated carbocycles. The molecule has 1 aromatic heterocycles. The minimum atomic E-state index is 0.832. The summed E-state index contributed by atoms with van der Waals surface area (Å²) in [4.78, 5) is 7.16. The molecule has 1 N–H and O–H groups in total. The van der Waals surface area contributed by atoms with Crippen molar-refractivity contribution >= 4 is 11.5 Å². The monoisotopic (exact) mass is 339 g/mol. The molecule has 1 aromatic carbocycles. The van der Waals surface area contributed by atoms with Gasteiger partial charge in [-0.15, -0.1) is 0 Å². The van der Waals surface area contributed by atoms with Crippen molar-refractivity contribution in [2.24, 2.45) is 0 Å². The lowest BCUT2D eigenvalue weighted by Crippen LogP contribution is -2.26. The van der Waals surface area contributed by atoms with E-state index in [1.807, 2.05) is 12.3 Å². The highest BCUT2D eigenvalue weighted by atomic mass is 15.2. The lowest BCUT2D eigenvalue weighted by molar-refractivity contribution is 0.632. The van der Waals surface area contributed by atoms with Gasteiger partial charge in [-0.3, -0.25) is 0 Å². The Morgan fingerprint density at radius 2 is 1.52 bits per heavy atom. The predicted molar refractivity (Wildman–Crippen MR) is 109 cm³/mol. The lowest BCUT2D eigenvalue weighted by atomic mass is 10.2. The first-order valence-electron chi connectivity index (χ1n) is 9.82. The number of unbranched alkanes of at least 4 members (excludes halogenated alkanes) is 4. The molecule has 0 aliphatic heterocycles. The van der Waals surface area contributed by atoms with E-state index in [0.717, 1.165) is 31.1 Å². The van der Waals surface area contributed by atoms with Crippen LogP contribution in [0.5, 0.6) is 0 Å². The second kappa shape index (κ2) is 11.5. The summed E-state index contributed by atoms with van der Waals surface area (Å²) in [5.41, 5.74) is 2.36. The second-order valence-electron chi connectivity index (χ2n) is 6.65. The largest absolute Gasteiger partial charge is 0.380 e. The Morgan fingerprint density at radius 3 is 2.08 bits per heavy atom. The van der Waals surface area contributed by atoms with Gasteiger partial charge in [-0.25, -0.2) is 4.98 Å². The molecule has 2 rings (SSSR count). The van der Waals surface area contributed by atoms with Crippen molar-refractivity contribution in [3.8, 4) is 0 Å². The van der Waals surface area contributed by atoms with Crippen LogP contribution < -0.4 is 10.2 Å². The molecule has 0 atom stereocenters. The molecule has 3 heteroatoms. The van der Waals surface area contributed by atoms with Crippen LogP contribution in [0.15, 0.2) is 48.7 Å². The van der Waals surface area contributed by atoms with E-state index in [-0.39, 0.29) is 0 Å². The van der Waals surface area contributed by atoms with E-state index in [4.69, 9.17) is 4.98 Å². The molecule has 0 spiro atoms. The zero-order valence-corrected chi connectivity index (χ0v) is 15.9. The quantitative estimate of drug-likeness (QED) is 0.489. The first kappa shape index (κ1) is 19.3. The first-order chi connectivity index (χ1) is 12.3. The molecule has 0 aliphatic carbocycles. The van der Waals surface area contributed by atoms with Gasteiger partial charge in [0.05, 0.1) is 11.9 Å². The molecule has 1 heterocycles. The van der Waals surface area contributed by atoms with Gasteiger partial charge in [-0.1, -0.05) is 69.9 Å². The Balaban J connectivity index is 1.91. The molecule has 0 radical (unpaired) electrons. The minimum absolute atomic E-state index is 0.832. The van der Waals surface area contributed by atoms with Crippen molar-refractivity contribution in [1.82, 2.24) is 4.98 Å². The van der Waals surface area contributed by atoms with Crippen molar-refractivity contribution in [2.75, 3.05) is 23.3 Å². The number of hydrogen-bond acceptors (Lipinski definition) is 3. The summed E-state index contributed by atoms with van der Waals surface area (Å²) in [6, 6.07) is 14.8. The van der Waals surface area contributed by atoms with Crippen molar-refractivity contribution < 1.29 is 0 Å². The number of benzene rings is 1. The smallest absolute Gasteiger partial charge is 0.128 e. The molecule has 0 aliphatic rings. The third-order valence-corrected chi connectivity index (χ3v) is 4.47. The Kier molecular flexibility index (Phi) is 8.89. The first-order valence-corrected chi connectivity index (χ1v) is 9.82. The van der Waals surface area contributed by atoms with E-state index < -0.39 is 0 Å². The highest BCUT2D eigenvalue weighted by molar-refractivity contribution is 5.49. The van der Waals surface area contributed by atoms with Gasteiger partial charge in [0.25, 0.3) is 0 Å². The lowest BCUT2D eigenvalue weighted by Gasteiger charge is -2.24. The van der Waals surface area contributed by atoms with Gasteiger partial charge in [0, 0.05) is 19.6 Å². The average molecular weight is 340 g/mol. The summed E-state index contributed by atoms with van der Waals surface area (Å²) in [6.45, 7) is 7.57. The summed E-state index contributed by atoms with van der Waals surface area (Å²) >= 11 is 0. The summed E-state index contributed by atoms with van der Waals surface area (Å²) in [5, 5.41) is 3.45. The molecule has 136 valence electrons. The van der Waals surface area contributed by atoms with Crippen LogP contribution in [-0.2, 0) is 6.54 Å². The van der Waals surface area contributed by atoms with Crippen molar-refractivity contribution in [3.63, 3.8) is 0 Å². The van der Waals surface area contributed by atoms with Crippen molar-refractivity contribution in [2.45, 2.75) is 58.9 Å². The van der Waals surface area contributed by atoms with Crippen LogP contribution in [-0.4, -0.2) is 18.1 Å². The minimum Gasteiger partial charge on any atom is -0.380 e. The van der Waals surface area contributed by atoms with Crippen molar-refractivity contribution in [1.29, 1.82) is 0 Å². The summed E-state index contributed by atoms with van der Waals surface area (Å²) < 4.78 is 0. The van der Waals surface area contributed by atoms with Gasteiger partial charge in [0.15, 0.2) is 0 Å². The molecule has 25 heavy (non-hydrogen) atoms. The van der Waals surface area contributed by atoms with E-state index in [1.54, 1.807) is 0 Å². The fourth-order valence-electron chi connectivity index (χ4n) is 2.92. The van der Waals surface area contributed by atoms with Gasteiger partial charge in [-0.05, 0) is 30.5 Å². The fraction of sp³-hybridized carbons (Fsp3) is 0.500. The van der Waals surface area contributed by atoms with Crippen LogP contribution in [0.25, 0.3) is 0 Å². The number of hydrogen-bond donors (Lipinski definition) is 1. The Labute approximate surface area is 153 Å². The Morgan fingerprint density at radius 1 is 0.840 bits per heavy atom. The average Bonchev–Trinajstić information content (AvgIpc) is 2.67. The number of rotatable bonds is 12. The maximum absolute atomic E-state index is 4.71. The summed E-state index contributed by atoms with van der Waals surface area (Å²) in [5.74, 6) is 1.11. The van der Waals surface area contributed by atoms with Crippen LogP contribution in [0.4, 0.5) is 11.5 Å². The zero-order chi connectivity index (χ0) is 17.7. The van der Waals surface area contributed by atoms with Gasteiger partial charge in [0.1, 0.15) is 5.82 Å². The van der Waals surface area contributed by atoms with Crippen LogP contribution >= 0.6 is 0 Å². The van der Waals surface area contributed by atoms with E-state index >= 15 is 0 Å². The highest BCUT2D eigenvalue weighted by Crippen LogP contribution is 2.17. The van der Waals surface area contributed by atoms with Crippen LogP contribution in [0.2, 0.25) is 0 Å². The molecule has 0 amide bonds. The topological polar surface area (TPSA) is 28.2 Å². The van der Waals surface area contributed by atoms with Crippen LogP contribution in [0, 0.1) is 0 Å². The van der Waals surface area contributed by atoms with E-state index in [1.165, 1.54) is 44.1 Å². The van der Waals surface area contributed by atoms with Crippen LogP contribution in [0.1, 0.15) is 57.9 Å². The zero-order valence-electron chi connectivity index (χ0n) is 15.9. The fourth-order valence-corrected chi connectivity index (χ4v) is 2.92. The third kappa shape index (κ3) is 7.16. The third-order valence-electron chi connectivity index (χ3n) is 4.47. The second-order valence-corrected chi connectivity index (χ2v) is 6.65. The normalized spacial score (nSPS) is 10.6. The molecular weight excluding hydrogens is 306 g/mol. The molecule has 3 nitrogen and oxygen atoms in total. The molecule has 0 fully saturated rings. The number of nitrogens with one attached hydrogen (secondary N) is 1. The molecule has 0 bridgehead atoms. The van der Waals surface area contributed by atoms with E-state index in [9.17, 15) is 0 Å². The van der Waals surface area contributed by atoms with Gasteiger partial charge < -0.3 is 10.2 Å². The maximum Gasteiger partial charge on any atom is 0.128 e. The Hall–Kier alpha value is -2.03.